The number of anilines is 2. The Hall–Kier alpha value is -4.77. The van der Waals surface area contributed by atoms with Crippen LogP contribution >= 0.6 is 11.3 Å². The van der Waals surface area contributed by atoms with Crippen LogP contribution in [-0.2, 0) is 16.0 Å². The lowest BCUT2D eigenvalue weighted by Crippen LogP contribution is -2.49. The van der Waals surface area contributed by atoms with Crippen LogP contribution in [0.25, 0.3) is 21.3 Å². The first-order chi connectivity index (χ1) is 20.8. The Kier molecular flexibility index (Phi) is 9.31. The van der Waals surface area contributed by atoms with Gasteiger partial charge in [0.25, 0.3) is 5.91 Å². The molecular formula is C32H34N6O4S. The molecular weight excluding hydrogens is 564 g/mol. The second-order valence-electron chi connectivity index (χ2n) is 10.2. The molecule has 1 saturated heterocycles. The van der Waals surface area contributed by atoms with E-state index in [1.165, 1.54) is 4.88 Å². The van der Waals surface area contributed by atoms with Gasteiger partial charge in [0.15, 0.2) is 0 Å². The van der Waals surface area contributed by atoms with Gasteiger partial charge in [0.05, 0.1) is 11.9 Å². The van der Waals surface area contributed by atoms with Crippen molar-refractivity contribution < 1.29 is 19.1 Å². The Balaban J connectivity index is 1.24. The number of carbonyl (C=O) groups is 3. The van der Waals surface area contributed by atoms with Crippen molar-refractivity contribution in [1.29, 1.82) is 0 Å². The molecule has 11 heteroatoms. The highest BCUT2D eigenvalue weighted by molar-refractivity contribution is 7.18. The quantitative estimate of drug-likeness (QED) is 0.156. The maximum Gasteiger partial charge on any atom is 0.333 e. The summed E-state index contributed by atoms with van der Waals surface area (Å²) in [5, 5.41) is 6.27. The molecule has 3 heterocycles. The van der Waals surface area contributed by atoms with Gasteiger partial charge in [-0.1, -0.05) is 56.0 Å². The normalized spacial score (nSPS) is 13.1. The average Bonchev–Trinajstić information content (AvgIpc) is 3.46. The Morgan fingerprint density at radius 2 is 1.67 bits per heavy atom. The summed E-state index contributed by atoms with van der Waals surface area (Å²) >= 11 is 1.57. The SMILES string of the molecule is C=C(C)C(=O)OCCNC(=O)Nc1nc(N2CCN(C(=O)c3ccc(-c4ccccc4)cc3)CC2)c2cc(CC)sc2n1. The predicted molar refractivity (Wildman–Crippen MR) is 170 cm³/mol. The van der Waals surface area contributed by atoms with E-state index in [1.54, 1.807) is 18.3 Å². The summed E-state index contributed by atoms with van der Waals surface area (Å²) in [7, 11) is 0. The number of urea groups is 1. The summed E-state index contributed by atoms with van der Waals surface area (Å²) in [6.07, 6.45) is 0.859. The molecule has 0 spiro atoms. The predicted octanol–water partition coefficient (Wildman–Crippen LogP) is 5.12. The standard InChI is InChI=1S/C32H34N6O4S/c1-4-25-20-26-27(34-31(35-28(26)43-25)36-32(41)33-14-19-42-30(40)21(2)3)37-15-17-38(18-16-37)29(39)24-12-10-23(11-13-24)22-8-6-5-7-9-22/h5-13,20H,2,4,14-19H2,1,3H3,(H2,33,34,35,36,41). The third-order valence-corrected chi connectivity index (χ3v) is 8.25. The van der Waals surface area contributed by atoms with Crippen molar-refractivity contribution in [3.63, 3.8) is 0 Å². The number of amides is 3. The van der Waals surface area contributed by atoms with Crippen LogP contribution < -0.4 is 15.5 Å². The van der Waals surface area contributed by atoms with Gasteiger partial charge in [0.1, 0.15) is 17.3 Å². The summed E-state index contributed by atoms with van der Waals surface area (Å²) in [6, 6.07) is 19.4. The van der Waals surface area contributed by atoms with Crippen molar-refractivity contribution in [1.82, 2.24) is 20.2 Å². The topological polar surface area (TPSA) is 117 Å². The second-order valence-corrected chi connectivity index (χ2v) is 11.3. The fourth-order valence-corrected chi connectivity index (χ4v) is 5.71. The fourth-order valence-electron chi connectivity index (χ4n) is 4.74. The Bertz CT molecular complexity index is 1630. The van der Waals surface area contributed by atoms with Crippen LogP contribution in [-0.4, -0.2) is 72.1 Å². The summed E-state index contributed by atoms with van der Waals surface area (Å²) in [5.41, 5.74) is 3.14. The van der Waals surface area contributed by atoms with Gasteiger partial charge >= 0.3 is 12.0 Å². The molecule has 2 aromatic heterocycles. The molecule has 4 aromatic rings. The summed E-state index contributed by atoms with van der Waals surface area (Å²) in [6.45, 7) is 9.60. The largest absolute Gasteiger partial charge is 0.460 e. The van der Waals surface area contributed by atoms with Crippen molar-refractivity contribution in [2.24, 2.45) is 0 Å². The van der Waals surface area contributed by atoms with Gasteiger partial charge in [-0.25, -0.2) is 14.6 Å². The number of hydrogen-bond donors (Lipinski definition) is 2. The van der Waals surface area contributed by atoms with Gasteiger partial charge in [-0.2, -0.15) is 4.98 Å². The lowest BCUT2D eigenvalue weighted by atomic mass is 10.0. The van der Waals surface area contributed by atoms with Crippen molar-refractivity contribution in [2.45, 2.75) is 20.3 Å². The molecule has 0 unspecified atom stereocenters. The molecule has 0 saturated carbocycles. The fraction of sp³-hybridized carbons (Fsp3) is 0.281. The number of carbonyl (C=O) groups excluding carboxylic acids is 3. The number of rotatable bonds is 9. The average molecular weight is 599 g/mol. The minimum Gasteiger partial charge on any atom is -0.460 e. The van der Waals surface area contributed by atoms with Crippen LogP contribution in [0.5, 0.6) is 0 Å². The Morgan fingerprint density at radius 3 is 2.35 bits per heavy atom. The molecule has 0 aliphatic carbocycles. The van der Waals surface area contributed by atoms with Crippen LogP contribution in [0.15, 0.2) is 72.8 Å². The van der Waals surface area contributed by atoms with E-state index < -0.39 is 12.0 Å². The minimum absolute atomic E-state index is 0.00357. The molecule has 1 fully saturated rings. The van der Waals surface area contributed by atoms with Crippen molar-refractivity contribution in [2.75, 3.05) is 49.5 Å². The highest BCUT2D eigenvalue weighted by Gasteiger charge is 2.25. The zero-order valence-corrected chi connectivity index (χ0v) is 25.1. The first-order valence-corrected chi connectivity index (χ1v) is 15.0. The number of aromatic nitrogens is 2. The monoisotopic (exact) mass is 598 g/mol. The van der Waals surface area contributed by atoms with Crippen molar-refractivity contribution in [3.05, 3.63) is 83.3 Å². The Morgan fingerprint density at radius 1 is 0.977 bits per heavy atom. The lowest BCUT2D eigenvalue weighted by molar-refractivity contribution is -0.138. The molecule has 1 aliphatic rings. The molecule has 5 rings (SSSR count). The number of benzene rings is 2. The number of esters is 1. The van der Waals surface area contributed by atoms with Gasteiger partial charge < -0.3 is 19.9 Å². The van der Waals surface area contributed by atoms with Crippen molar-refractivity contribution in [3.8, 4) is 11.1 Å². The number of piperazine rings is 1. The lowest BCUT2D eigenvalue weighted by Gasteiger charge is -2.35. The number of ether oxygens (including phenoxy) is 1. The third-order valence-electron chi connectivity index (χ3n) is 7.07. The molecule has 2 aromatic carbocycles. The van der Waals surface area contributed by atoms with E-state index in [2.05, 4.69) is 52.2 Å². The number of hydrogen-bond acceptors (Lipinski definition) is 8. The number of nitrogens with one attached hydrogen (secondary N) is 2. The van der Waals surface area contributed by atoms with E-state index in [0.29, 0.717) is 37.3 Å². The van der Waals surface area contributed by atoms with Crippen LogP contribution in [0.3, 0.4) is 0 Å². The second kappa shape index (κ2) is 13.5. The van der Waals surface area contributed by atoms with Crippen LogP contribution in [0.2, 0.25) is 0 Å². The van der Waals surface area contributed by atoms with Gasteiger partial charge in [-0.15, -0.1) is 11.3 Å². The number of fused-ring (bicyclic) bond motifs is 1. The van der Waals surface area contributed by atoms with E-state index in [9.17, 15) is 14.4 Å². The van der Waals surface area contributed by atoms with Gasteiger partial charge in [0.2, 0.25) is 5.95 Å². The van der Waals surface area contributed by atoms with E-state index in [0.717, 1.165) is 33.6 Å². The summed E-state index contributed by atoms with van der Waals surface area (Å²) in [5.74, 6) is 0.406. The van der Waals surface area contributed by atoms with Gasteiger partial charge in [-0.3, -0.25) is 10.1 Å². The maximum absolute atomic E-state index is 13.3. The van der Waals surface area contributed by atoms with Crippen molar-refractivity contribution >= 4 is 51.2 Å². The van der Waals surface area contributed by atoms with E-state index in [4.69, 9.17) is 9.72 Å². The smallest absolute Gasteiger partial charge is 0.333 e. The molecule has 3 amide bonds. The highest BCUT2D eigenvalue weighted by Crippen LogP contribution is 2.33. The number of thiophene rings is 1. The van der Waals surface area contributed by atoms with Crippen LogP contribution in [0.4, 0.5) is 16.6 Å². The summed E-state index contributed by atoms with van der Waals surface area (Å²) in [4.78, 5) is 52.6. The van der Waals surface area contributed by atoms with E-state index in [1.807, 2.05) is 47.4 Å². The van der Waals surface area contributed by atoms with Crippen LogP contribution in [0.1, 0.15) is 29.1 Å². The third kappa shape index (κ3) is 7.18. The molecule has 1 aliphatic heterocycles. The number of nitrogens with zero attached hydrogens (tertiary/aromatic N) is 4. The van der Waals surface area contributed by atoms with Gasteiger partial charge in [-0.05, 0) is 42.7 Å². The highest BCUT2D eigenvalue weighted by atomic mass is 32.1. The Labute approximate surface area is 254 Å². The zero-order chi connectivity index (χ0) is 30.3. The zero-order valence-electron chi connectivity index (χ0n) is 24.3. The molecule has 0 atom stereocenters. The molecule has 2 N–H and O–H groups in total. The first kappa shape index (κ1) is 29.7. The first-order valence-electron chi connectivity index (χ1n) is 14.2. The molecule has 43 heavy (non-hydrogen) atoms. The van der Waals surface area contributed by atoms with Gasteiger partial charge in [0, 0.05) is 42.2 Å². The molecule has 0 bridgehead atoms. The maximum atomic E-state index is 13.3. The number of aryl methyl sites for hydroxylation is 1. The summed E-state index contributed by atoms with van der Waals surface area (Å²) < 4.78 is 5.01. The minimum atomic E-state index is -0.507. The molecule has 10 nitrogen and oxygen atoms in total. The molecule has 222 valence electrons. The van der Waals surface area contributed by atoms with E-state index in [-0.39, 0.29) is 25.0 Å². The van der Waals surface area contributed by atoms with E-state index >= 15 is 0 Å². The van der Waals surface area contributed by atoms with Crippen LogP contribution in [0, 0.1) is 0 Å². The molecule has 0 radical (unpaired) electrons.